The predicted octanol–water partition coefficient (Wildman–Crippen LogP) is 5.08. The van der Waals surface area contributed by atoms with Crippen molar-refractivity contribution in [2.24, 2.45) is 5.73 Å². The molecule has 2 rings (SSSR count). The Hall–Kier alpha value is -0.770. The smallest absolute Gasteiger partial charge is 0.135 e. The van der Waals surface area contributed by atoms with Gasteiger partial charge in [0.05, 0.1) is 6.04 Å². The van der Waals surface area contributed by atoms with Gasteiger partial charge in [0.1, 0.15) is 11.5 Å². The lowest BCUT2D eigenvalue weighted by Crippen LogP contribution is -2.06. The Kier molecular flexibility index (Phi) is 4.15. The van der Waals surface area contributed by atoms with Crippen LogP contribution in [0.4, 0.5) is 0 Å². The highest BCUT2D eigenvalue weighted by atomic mass is 79.9. The van der Waals surface area contributed by atoms with Gasteiger partial charge in [-0.25, -0.2) is 0 Å². The molecule has 0 bridgehead atoms. The summed E-state index contributed by atoms with van der Waals surface area (Å²) in [7, 11) is 0. The van der Waals surface area contributed by atoms with E-state index in [1.165, 1.54) is 0 Å². The maximum atomic E-state index is 6.15. The second-order valence-corrected chi connectivity index (χ2v) is 5.56. The molecule has 0 aliphatic carbocycles. The zero-order chi connectivity index (χ0) is 13.3. The van der Waals surface area contributed by atoms with Crippen molar-refractivity contribution in [1.29, 1.82) is 0 Å². The van der Waals surface area contributed by atoms with Crippen LogP contribution in [0, 0.1) is 6.92 Å². The van der Waals surface area contributed by atoms with Crippen molar-refractivity contribution in [3.8, 4) is 11.3 Å². The first-order valence-electron chi connectivity index (χ1n) is 5.84. The number of furan rings is 1. The summed E-state index contributed by atoms with van der Waals surface area (Å²) >= 11 is 9.68. The molecule has 2 N–H and O–H groups in total. The molecule has 96 valence electrons. The van der Waals surface area contributed by atoms with E-state index >= 15 is 0 Å². The summed E-state index contributed by atoms with van der Waals surface area (Å²) in [6.45, 7) is 4.00. The molecular weight excluding hydrogens is 314 g/mol. The van der Waals surface area contributed by atoms with Crippen LogP contribution in [0.1, 0.15) is 30.7 Å². The quantitative estimate of drug-likeness (QED) is 0.853. The number of hydrogen-bond acceptors (Lipinski definition) is 2. The summed E-state index contributed by atoms with van der Waals surface area (Å²) in [5.74, 6) is 1.58. The Balaban J connectivity index is 2.43. The Labute approximate surface area is 120 Å². The van der Waals surface area contributed by atoms with E-state index in [9.17, 15) is 0 Å². The predicted molar refractivity (Wildman–Crippen MR) is 78.8 cm³/mol. The van der Waals surface area contributed by atoms with Gasteiger partial charge < -0.3 is 10.2 Å². The number of halogens is 2. The number of hydrogen-bond donors (Lipinski definition) is 1. The lowest BCUT2D eigenvalue weighted by Gasteiger charge is -2.06. The zero-order valence-electron chi connectivity index (χ0n) is 10.3. The van der Waals surface area contributed by atoms with E-state index in [0.29, 0.717) is 0 Å². The van der Waals surface area contributed by atoms with E-state index in [0.717, 1.165) is 38.6 Å². The molecule has 1 aromatic heterocycles. The first-order chi connectivity index (χ1) is 8.52. The van der Waals surface area contributed by atoms with E-state index in [1.807, 2.05) is 38.1 Å². The fourth-order valence-electron chi connectivity index (χ4n) is 1.73. The summed E-state index contributed by atoms with van der Waals surface area (Å²) in [6, 6.07) is 7.68. The van der Waals surface area contributed by atoms with Crippen LogP contribution in [0.3, 0.4) is 0 Å². The van der Waals surface area contributed by atoms with E-state index < -0.39 is 0 Å². The van der Waals surface area contributed by atoms with Crippen LogP contribution >= 0.6 is 27.5 Å². The summed E-state index contributed by atoms with van der Waals surface area (Å²) in [5.41, 5.74) is 7.92. The highest BCUT2D eigenvalue weighted by molar-refractivity contribution is 9.10. The van der Waals surface area contributed by atoms with Crippen LogP contribution in [-0.4, -0.2) is 0 Å². The molecule has 1 unspecified atom stereocenters. The Morgan fingerprint density at radius 3 is 2.78 bits per heavy atom. The van der Waals surface area contributed by atoms with Crippen LogP contribution in [0.2, 0.25) is 5.02 Å². The average molecular weight is 329 g/mol. The van der Waals surface area contributed by atoms with Gasteiger partial charge in [-0.2, -0.15) is 0 Å². The highest BCUT2D eigenvalue weighted by Gasteiger charge is 2.13. The molecule has 0 spiro atoms. The van der Waals surface area contributed by atoms with Gasteiger partial charge in [-0.3, -0.25) is 0 Å². The maximum Gasteiger partial charge on any atom is 0.135 e. The van der Waals surface area contributed by atoms with Gasteiger partial charge in [-0.1, -0.05) is 34.5 Å². The third-order valence-electron chi connectivity index (χ3n) is 2.95. The van der Waals surface area contributed by atoms with Gasteiger partial charge in [0.2, 0.25) is 0 Å². The Bertz CT molecular complexity index is 565. The van der Waals surface area contributed by atoms with Crippen molar-refractivity contribution in [3.05, 3.63) is 45.1 Å². The third kappa shape index (κ3) is 2.63. The van der Waals surface area contributed by atoms with Gasteiger partial charge in [0, 0.05) is 15.1 Å². The second kappa shape index (κ2) is 5.47. The second-order valence-electron chi connectivity index (χ2n) is 4.30. The van der Waals surface area contributed by atoms with Gasteiger partial charge in [0.15, 0.2) is 0 Å². The normalized spacial score (nSPS) is 12.7. The van der Waals surface area contributed by atoms with Crippen LogP contribution in [0.25, 0.3) is 11.3 Å². The summed E-state index contributed by atoms with van der Waals surface area (Å²) in [5, 5.41) is 0.728. The van der Waals surface area contributed by atoms with E-state index in [1.54, 1.807) is 0 Å². The van der Waals surface area contributed by atoms with Gasteiger partial charge in [-0.15, -0.1) is 0 Å². The third-order valence-corrected chi connectivity index (χ3v) is 4.01. The summed E-state index contributed by atoms with van der Waals surface area (Å²) in [4.78, 5) is 0. The van der Waals surface area contributed by atoms with Crippen LogP contribution < -0.4 is 5.73 Å². The molecule has 0 amide bonds. The van der Waals surface area contributed by atoms with Crippen molar-refractivity contribution in [1.82, 2.24) is 0 Å². The molecule has 1 heterocycles. The molecule has 2 aromatic rings. The molecule has 0 fully saturated rings. The fourth-order valence-corrected chi connectivity index (χ4v) is 2.55. The molecule has 1 aromatic carbocycles. The van der Waals surface area contributed by atoms with Crippen molar-refractivity contribution in [3.63, 3.8) is 0 Å². The number of aryl methyl sites for hydroxylation is 1. The Morgan fingerprint density at radius 2 is 2.11 bits per heavy atom. The van der Waals surface area contributed by atoms with Crippen LogP contribution in [-0.2, 0) is 0 Å². The highest BCUT2D eigenvalue weighted by Crippen LogP contribution is 2.34. The molecule has 0 radical (unpaired) electrons. The fraction of sp³-hybridized carbons (Fsp3) is 0.286. The van der Waals surface area contributed by atoms with Crippen LogP contribution in [0.15, 0.2) is 33.2 Å². The molecule has 0 aliphatic rings. The first kappa shape index (κ1) is 13.7. The van der Waals surface area contributed by atoms with Gasteiger partial charge in [0.25, 0.3) is 0 Å². The molecule has 18 heavy (non-hydrogen) atoms. The standard InChI is InChI=1S/C14H15BrClNO/c1-3-12(17)14-5-4-13(18-14)9-7-11(16)8(2)6-10(9)15/h4-7,12H,3,17H2,1-2H3. The van der Waals surface area contributed by atoms with Crippen LogP contribution in [0.5, 0.6) is 0 Å². The number of benzene rings is 1. The topological polar surface area (TPSA) is 39.2 Å². The minimum Gasteiger partial charge on any atom is -0.459 e. The van der Waals surface area contributed by atoms with E-state index in [2.05, 4.69) is 15.9 Å². The molecule has 1 atom stereocenters. The molecule has 4 heteroatoms. The van der Waals surface area contributed by atoms with Crippen molar-refractivity contribution >= 4 is 27.5 Å². The lowest BCUT2D eigenvalue weighted by molar-refractivity contribution is 0.470. The van der Waals surface area contributed by atoms with Gasteiger partial charge >= 0.3 is 0 Å². The summed E-state index contributed by atoms with van der Waals surface area (Å²) < 4.78 is 6.75. The molecule has 0 saturated heterocycles. The zero-order valence-corrected chi connectivity index (χ0v) is 12.7. The molecule has 0 saturated carbocycles. The SMILES string of the molecule is CCC(N)c1ccc(-c2cc(Cl)c(C)cc2Br)o1. The molecule has 2 nitrogen and oxygen atoms in total. The van der Waals surface area contributed by atoms with Crippen molar-refractivity contribution < 1.29 is 4.42 Å². The minimum absolute atomic E-state index is 0.0570. The van der Waals surface area contributed by atoms with Gasteiger partial charge in [-0.05, 0) is 43.2 Å². The monoisotopic (exact) mass is 327 g/mol. The van der Waals surface area contributed by atoms with Crippen molar-refractivity contribution in [2.45, 2.75) is 26.3 Å². The first-order valence-corrected chi connectivity index (χ1v) is 7.01. The molecule has 0 aliphatic heterocycles. The maximum absolute atomic E-state index is 6.15. The Morgan fingerprint density at radius 1 is 1.39 bits per heavy atom. The van der Waals surface area contributed by atoms with E-state index in [-0.39, 0.29) is 6.04 Å². The number of nitrogens with two attached hydrogens (primary N) is 1. The largest absolute Gasteiger partial charge is 0.459 e. The minimum atomic E-state index is -0.0570. The van der Waals surface area contributed by atoms with Crippen molar-refractivity contribution in [2.75, 3.05) is 0 Å². The molecular formula is C14H15BrClNO. The summed E-state index contributed by atoms with van der Waals surface area (Å²) in [6.07, 6.45) is 0.850. The average Bonchev–Trinajstić information content (AvgIpc) is 2.82. The number of rotatable bonds is 3. The lowest BCUT2D eigenvalue weighted by atomic mass is 10.1. The van der Waals surface area contributed by atoms with E-state index in [4.69, 9.17) is 21.8 Å².